The monoisotopic (exact) mass is 415 g/mol. The molecule has 2 aromatic rings. The average Bonchev–Trinajstić information content (AvgIpc) is 2.75. The molecule has 0 radical (unpaired) electrons. The first-order valence-electron chi connectivity index (χ1n) is 9.95. The Hall–Kier alpha value is -2.45. The SMILES string of the molecule is CNC(=O)c1cccc(-c2ccc(OC3OC(CO)C(C)C(O)C3(C)O)c(C)c2)c1. The highest BCUT2D eigenvalue weighted by Gasteiger charge is 2.51. The lowest BCUT2D eigenvalue weighted by molar-refractivity contribution is -0.301. The van der Waals surface area contributed by atoms with Crippen LogP contribution in [0.15, 0.2) is 42.5 Å². The molecule has 0 aromatic heterocycles. The molecule has 3 rings (SSSR count). The number of hydrogen-bond donors (Lipinski definition) is 4. The van der Waals surface area contributed by atoms with Crippen LogP contribution in [-0.4, -0.2) is 59.0 Å². The summed E-state index contributed by atoms with van der Waals surface area (Å²) in [6.07, 6.45) is -2.89. The highest BCUT2D eigenvalue weighted by molar-refractivity contribution is 5.95. The second-order valence-electron chi connectivity index (χ2n) is 7.98. The Balaban J connectivity index is 1.85. The van der Waals surface area contributed by atoms with Crippen molar-refractivity contribution in [1.82, 2.24) is 5.32 Å². The molecule has 1 fully saturated rings. The number of aliphatic hydroxyl groups excluding tert-OH is 2. The minimum absolute atomic E-state index is 0.156. The number of carbonyl (C=O) groups excluding carboxylic acids is 1. The quantitative estimate of drug-likeness (QED) is 0.594. The van der Waals surface area contributed by atoms with Gasteiger partial charge in [0.05, 0.1) is 18.8 Å². The first kappa shape index (κ1) is 22.2. The molecule has 7 nitrogen and oxygen atoms in total. The lowest BCUT2D eigenvalue weighted by Gasteiger charge is -2.46. The summed E-state index contributed by atoms with van der Waals surface area (Å²) in [6, 6.07) is 12.8. The molecule has 0 spiro atoms. The molecule has 1 aliphatic rings. The summed E-state index contributed by atoms with van der Waals surface area (Å²) in [6.45, 7) is 4.75. The normalized spacial score (nSPS) is 28.8. The van der Waals surface area contributed by atoms with Crippen LogP contribution >= 0.6 is 0 Å². The van der Waals surface area contributed by atoms with Crippen LogP contribution in [-0.2, 0) is 4.74 Å². The van der Waals surface area contributed by atoms with Gasteiger partial charge in [0.2, 0.25) is 6.29 Å². The number of ether oxygens (including phenoxy) is 2. The molecule has 7 heteroatoms. The molecule has 0 aliphatic carbocycles. The van der Waals surface area contributed by atoms with Crippen LogP contribution < -0.4 is 10.1 Å². The highest BCUT2D eigenvalue weighted by atomic mass is 16.7. The minimum Gasteiger partial charge on any atom is -0.461 e. The van der Waals surface area contributed by atoms with E-state index in [0.717, 1.165) is 16.7 Å². The van der Waals surface area contributed by atoms with Crippen molar-refractivity contribution in [1.29, 1.82) is 0 Å². The van der Waals surface area contributed by atoms with E-state index < -0.39 is 30.0 Å². The number of amides is 1. The highest BCUT2D eigenvalue weighted by Crippen LogP contribution is 2.36. The Bertz CT molecular complexity index is 912. The molecule has 1 heterocycles. The van der Waals surface area contributed by atoms with Crippen LogP contribution in [0.2, 0.25) is 0 Å². The Morgan fingerprint density at radius 3 is 2.57 bits per heavy atom. The predicted octanol–water partition coefficient (Wildman–Crippen LogP) is 1.87. The zero-order chi connectivity index (χ0) is 22.1. The van der Waals surface area contributed by atoms with Gasteiger partial charge in [0, 0.05) is 18.5 Å². The summed E-state index contributed by atoms with van der Waals surface area (Å²) in [5, 5.41) is 33.4. The summed E-state index contributed by atoms with van der Waals surface area (Å²) in [4.78, 5) is 11.9. The van der Waals surface area contributed by atoms with Gasteiger partial charge >= 0.3 is 0 Å². The maximum absolute atomic E-state index is 11.9. The van der Waals surface area contributed by atoms with Crippen LogP contribution in [0.25, 0.3) is 11.1 Å². The summed E-state index contributed by atoms with van der Waals surface area (Å²) < 4.78 is 11.7. The van der Waals surface area contributed by atoms with Gasteiger partial charge in [0.15, 0.2) is 0 Å². The molecule has 1 aliphatic heterocycles. The smallest absolute Gasteiger partial charge is 0.251 e. The Morgan fingerprint density at radius 1 is 1.23 bits per heavy atom. The van der Waals surface area contributed by atoms with Gasteiger partial charge in [-0.25, -0.2) is 0 Å². The lowest BCUT2D eigenvalue weighted by Crippen LogP contribution is -2.63. The molecule has 0 bridgehead atoms. The summed E-state index contributed by atoms with van der Waals surface area (Å²) in [5.74, 6) is -0.109. The number of rotatable bonds is 5. The van der Waals surface area contributed by atoms with Gasteiger partial charge in [-0.15, -0.1) is 0 Å². The number of hydrogen-bond acceptors (Lipinski definition) is 6. The molecule has 162 valence electrons. The number of aryl methyl sites for hydroxylation is 1. The molecule has 1 amide bonds. The third-order valence-corrected chi connectivity index (χ3v) is 5.73. The van der Waals surface area contributed by atoms with E-state index in [2.05, 4.69) is 5.32 Å². The largest absolute Gasteiger partial charge is 0.461 e. The molecule has 0 saturated carbocycles. The average molecular weight is 415 g/mol. The van der Waals surface area contributed by atoms with Crippen molar-refractivity contribution in [2.24, 2.45) is 5.92 Å². The van der Waals surface area contributed by atoms with E-state index in [1.54, 1.807) is 26.1 Å². The topological polar surface area (TPSA) is 108 Å². The molecule has 1 saturated heterocycles. The first-order valence-corrected chi connectivity index (χ1v) is 9.95. The lowest BCUT2D eigenvalue weighted by atomic mass is 9.82. The first-order chi connectivity index (χ1) is 14.2. The van der Waals surface area contributed by atoms with Gasteiger partial charge in [-0.3, -0.25) is 4.79 Å². The number of aliphatic hydroxyl groups is 3. The third-order valence-electron chi connectivity index (χ3n) is 5.73. The molecule has 5 unspecified atom stereocenters. The predicted molar refractivity (Wildman–Crippen MR) is 112 cm³/mol. The summed E-state index contributed by atoms with van der Waals surface area (Å²) >= 11 is 0. The Labute approximate surface area is 176 Å². The number of nitrogens with one attached hydrogen (secondary N) is 1. The maximum atomic E-state index is 11.9. The van der Waals surface area contributed by atoms with Crippen molar-refractivity contribution in [2.75, 3.05) is 13.7 Å². The standard InChI is InChI=1S/C23H29NO6/c1-13-10-16(15-6-5-7-17(11-15)21(27)24-4)8-9-18(13)29-22-23(3,28)20(26)14(2)19(12-25)30-22/h5-11,14,19-20,22,25-26,28H,12H2,1-4H3,(H,24,27). The minimum atomic E-state index is -1.64. The van der Waals surface area contributed by atoms with Gasteiger partial charge in [0.25, 0.3) is 5.91 Å². The molecule has 5 atom stereocenters. The number of benzene rings is 2. The van der Waals surface area contributed by atoms with E-state index in [1.165, 1.54) is 6.92 Å². The van der Waals surface area contributed by atoms with Crippen LogP contribution in [0.4, 0.5) is 0 Å². The third kappa shape index (κ3) is 4.20. The van der Waals surface area contributed by atoms with Crippen LogP contribution in [0, 0.1) is 12.8 Å². The van der Waals surface area contributed by atoms with Gasteiger partial charge in [-0.05, 0) is 54.8 Å². The zero-order valence-electron chi connectivity index (χ0n) is 17.6. The van der Waals surface area contributed by atoms with Gasteiger partial charge in [-0.2, -0.15) is 0 Å². The molecule has 30 heavy (non-hydrogen) atoms. The molecule has 4 N–H and O–H groups in total. The van der Waals surface area contributed by atoms with Crippen molar-refractivity contribution >= 4 is 5.91 Å². The van der Waals surface area contributed by atoms with Crippen LogP contribution in [0.5, 0.6) is 5.75 Å². The van der Waals surface area contributed by atoms with Crippen molar-refractivity contribution in [2.45, 2.75) is 44.9 Å². The van der Waals surface area contributed by atoms with E-state index in [0.29, 0.717) is 11.3 Å². The van der Waals surface area contributed by atoms with Crippen molar-refractivity contribution in [3.63, 3.8) is 0 Å². The molecular weight excluding hydrogens is 386 g/mol. The second kappa shape index (κ2) is 8.73. The summed E-state index contributed by atoms with van der Waals surface area (Å²) in [7, 11) is 1.59. The fourth-order valence-electron chi connectivity index (χ4n) is 3.71. The van der Waals surface area contributed by atoms with Gasteiger partial charge in [-0.1, -0.05) is 25.1 Å². The van der Waals surface area contributed by atoms with Crippen molar-refractivity contribution < 1.29 is 29.6 Å². The second-order valence-corrected chi connectivity index (χ2v) is 7.98. The fourth-order valence-corrected chi connectivity index (χ4v) is 3.71. The zero-order valence-corrected chi connectivity index (χ0v) is 17.6. The number of carbonyl (C=O) groups is 1. The van der Waals surface area contributed by atoms with E-state index in [1.807, 2.05) is 37.3 Å². The maximum Gasteiger partial charge on any atom is 0.251 e. The van der Waals surface area contributed by atoms with E-state index in [4.69, 9.17) is 9.47 Å². The Morgan fingerprint density at radius 2 is 1.93 bits per heavy atom. The molecular formula is C23H29NO6. The van der Waals surface area contributed by atoms with E-state index >= 15 is 0 Å². The summed E-state index contributed by atoms with van der Waals surface area (Å²) in [5.41, 5.74) is 1.52. The van der Waals surface area contributed by atoms with E-state index in [9.17, 15) is 20.1 Å². The van der Waals surface area contributed by atoms with Crippen molar-refractivity contribution in [3.05, 3.63) is 53.6 Å². The van der Waals surface area contributed by atoms with E-state index in [-0.39, 0.29) is 12.5 Å². The van der Waals surface area contributed by atoms with Gasteiger partial charge in [0.1, 0.15) is 11.4 Å². The fraction of sp³-hybridized carbons (Fsp3) is 0.435. The van der Waals surface area contributed by atoms with Crippen molar-refractivity contribution in [3.8, 4) is 16.9 Å². The molecule has 2 aromatic carbocycles. The Kier molecular flexibility index (Phi) is 6.47. The van der Waals surface area contributed by atoms with Crippen LogP contribution in [0.3, 0.4) is 0 Å². The van der Waals surface area contributed by atoms with Crippen LogP contribution in [0.1, 0.15) is 29.8 Å². The van der Waals surface area contributed by atoms with Gasteiger partial charge < -0.3 is 30.1 Å².